The lowest BCUT2D eigenvalue weighted by molar-refractivity contribution is -0.141. The van der Waals surface area contributed by atoms with E-state index in [0.29, 0.717) is 12.2 Å². The van der Waals surface area contributed by atoms with E-state index >= 15 is 0 Å². The van der Waals surface area contributed by atoms with Crippen molar-refractivity contribution in [2.24, 2.45) is 0 Å². The number of aliphatic hydroxyl groups is 1. The largest absolute Gasteiger partial charge is 0.507 e. The van der Waals surface area contributed by atoms with Crippen molar-refractivity contribution in [1.82, 2.24) is 4.90 Å². The molecule has 1 saturated heterocycles. The van der Waals surface area contributed by atoms with E-state index < -0.39 is 17.7 Å². The van der Waals surface area contributed by atoms with E-state index in [1.807, 2.05) is 43.3 Å². The van der Waals surface area contributed by atoms with Crippen molar-refractivity contribution in [1.29, 1.82) is 0 Å². The molecule has 0 radical (unpaired) electrons. The van der Waals surface area contributed by atoms with E-state index in [1.54, 1.807) is 11.0 Å². The van der Waals surface area contributed by atoms with Gasteiger partial charge in [-0.15, -0.1) is 0 Å². The molecule has 2 aromatic rings. The monoisotopic (exact) mass is 489 g/mol. The van der Waals surface area contributed by atoms with Crippen LogP contribution >= 0.6 is 0 Å². The molecule has 1 aliphatic heterocycles. The van der Waals surface area contributed by atoms with Crippen LogP contribution in [0.1, 0.15) is 95.0 Å². The Morgan fingerprint density at radius 2 is 1.67 bits per heavy atom. The highest BCUT2D eigenvalue weighted by Crippen LogP contribution is 2.44. The van der Waals surface area contributed by atoms with Crippen LogP contribution in [0.15, 0.2) is 48.0 Å². The van der Waals surface area contributed by atoms with Crippen molar-refractivity contribution >= 4 is 17.4 Å². The number of hydrogen-bond acceptors (Lipinski definition) is 4. The number of aryl methyl sites for hydroxylation is 1. The minimum atomic E-state index is -0.603. The molecule has 1 unspecified atom stereocenters. The van der Waals surface area contributed by atoms with Gasteiger partial charge in [0, 0.05) is 17.2 Å². The summed E-state index contributed by atoms with van der Waals surface area (Å²) in [6, 6.07) is 13.0. The first-order valence-electron chi connectivity index (χ1n) is 13.3. The Labute approximate surface area is 215 Å². The second-order valence-corrected chi connectivity index (χ2v) is 11.0. The molecule has 1 amide bonds. The van der Waals surface area contributed by atoms with Crippen molar-refractivity contribution in [3.8, 4) is 5.75 Å². The molecule has 1 aliphatic carbocycles. The van der Waals surface area contributed by atoms with Gasteiger partial charge >= 0.3 is 0 Å². The summed E-state index contributed by atoms with van der Waals surface area (Å²) in [5, 5.41) is 11.6. The van der Waals surface area contributed by atoms with Crippen LogP contribution in [0.25, 0.3) is 5.76 Å². The van der Waals surface area contributed by atoms with Gasteiger partial charge in [0.2, 0.25) is 0 Å². The van der Waals surface area contributed by atoms with Crippen molar-refractivity contribution in [3.63, 3.8) is 0 Å². The van der Waals surface area contributed by atoms with Crippen LogP contribution in [0.5, 0.6) is 5.75 Å². The molecule has 0 aromatic heterocycles. The zero-order chi connectivity index (χ0) is 26.0. The average Bonchev–Trinajstić information content (AvgIpc) is 3.14. The first-order valence-corrected chi connectivity index (χ1v) is 13.3. The molecule has 5 nitrogen and oxygen atoms in total. The fourth-order valence-corrected chi connectivity index (χ4v) is 5.55. The first kappa shape index (κ1) is 26.0. The van der Waals surface area contributed by atoms with Gasteiger partial charge in [0.25, 0.3) is 11.7 Å². The lowest BCUT2D eigenvalue weighted by Crippen LogP contribution is -2.40. The molecule has 1 heterocycles. The maximum atomic E-state index is 13.5. The number of aliphatic hydroxyl groups excluding tert-OH is 1. The quantitative estimate of drug-likeness (QED) is 0.279. The number of amides is 1. The van der Waals surface area contributed by atoms with Crippen LogP contribution in [-0.2, 0) is 21.4 Å². The highest BCUT2D eigenvalue weighted by molar-refractivity contribution is 6.46. The summed E-state index contributed by atoms with van der Waals surface area (Å²) >= 11 is 0. The molecule has 2 aliphatic rings. The number of carbonyl (C=O) groups excluding carboxylic acids is 2. The molecule has 1 atom stereocenters. The Bertz CT molecular complexity index is 1150. The Morgan fingerprint density at radius 3 is 2.25 bits per heavy atom. The maximum Gasteiger partial charge on any atom is 0.295 e. The number of hydrogen-bond donors (Lipinski definition) is 1. The number of ether oxygens (including phenoxy) is 1. The molecule has 0 bridgehead atoms. The van der Waals surface area contributed by atoms with E-state index in [1.165, 1.54) is 5.56 Å². The smallest absolute Gasteiger partial charge is 0.295 e. The number of ketones is 1. The molecule has 1 saturated carbocycles. The maximum absolute atomic E-state index is 13.5. The first-order chi connectivity index (χ1) is 17.2. The van der Waals surface area contributed by atoms with Crippen molar-refractivity contribution < 1.29 is 19.4 Å². The number of benzene rings is 2. The standard InChI is InChI=1S/C31H39NO4/c1-6-20-13-15-21(16-14-20)27-26(29(34)30(35)32(27)23-11-9-8-10-12-23)28(33)22-17-18-25(36-7-2)24(19-22)31(3,4)5/h13-19,23,27,33H,6-12H2,1-5H3/b28-26-. The number of rotatable bonds is 6. The van der Waals surface area contributed by atoms with E-state index in [9.17, 15) is 14.7 Å². The zero-order valence-electron chi connectivity index (χ0n) is 22.3. The number of carbonyl (C=O) groups is 2. The fraction of sp³-hybridized carbons (Fsp3) is 0.484. The molecule has 0 spiro atoms. The Morgan fingerprint density at radius 1 is 1.00 bits per heavy atom. The average molecular weight is 490 g/mol. The molecule has 4 rings (SSSR count). The number of Topliss-reactive ketones (excluding diaryl/α,β-unsaturated/α-hetero) is 1. The summed E-state index contributed by atoms with van der Waals surface area (Å²) in [7, 11) is 0. The van der Waals surface area contributed by atoms with Crippen LogP contribution in [0.3, 0.4) is 0 Å². The summed E-state index contributed by atoms with van der Waals surface area (Å²) in [5.41, 5.74) is 3.47. The molecule has 192 valence electrons. The van der Waals surface area contributed by atoms with Gasteiger partial charge in [-0.25, -0.2) is 0 Å². The minimum Gasteiger partial charge on any atom is -0.507 e. The summed E-state index contributed by atoms with van der Waals surface area (Å²) < 4.78 is 5.84. The van der Waals surface area contributed by atoms with Gasteiger partial charge in [0.1, 0.15) is 11.5 Å². The molecule has 2 fully saturated rings. The third-order valence-electron chi connectivity index (χ3n) is 7.51. The summed E-state index contributed by atoms with van der Waals surface area (Å²) in [6.07, 6.45) is 5.91. The second kappa shape index (κ2) is 10.5. The van der Waals surface area contributed by atoms with E-state index in [-0.39, 0.29) is 22.8 Å². The zero-order valence-corrected chi connectivity index (χ0v) is 22.3. The lowest BCUT2D eigenvalue weighted by Gasteiger charge is -2.35. The summed E-state index contributed by atoms with van der Waals surface area (Å²) in [5.74, 6) is -0.468. The normalized spacial score (nSPS) is 20.7. The minimum absolute atomic E-state index is 0.00168. The Hall–Kier alpha value is -3.08. The molecule has 5 heteroatoms. The van der Waals surface area contributed by atoms with Gasteiger partial charge in [-0.05, 0) is 60.9 Å². The van der Waals surface area contributed by atoms with E-state index in [4.69, 9.17) is 4.74 Å². The van der Waals surface area contributed by atoms with E-state index in [0.717, 1.165) is 55.4 Å². The van der Waals surface area contributed by atoms with Crippen molar-refractivity contribution in [2.45, 2.75) is 90.6 Å². The Balaban J connectivity index is 1.88. The predicted molar refractivity (Wildman–Crippen MR) is 143 cm³/mol. The van der Waals surface area contributed by atoms with Gasteiger partial charge in [0.15, 0.2) is 0 Å². The molecule has 1 N–H and O–H groups in total. The van der Waals surface area contributed by atoms with Crippen LogP contribution in [-0.4, -0.2) is 34.3 Å². The third-order valence-corrected chi connectivity index (χ3v) is 7.51. The van der Waals surface area contributed by atoms with Gasteiger partial charge in [-0.1, -0.05) is 71.2 Å². The number of nitrogens with zero attached hydrogens (tertiary/aromatic N) is 1. The van der Waals surface area contributed by atoms with Crippen LogP contribution < -0.4 is 4.74 Å². The fourth-order valence-electron chi connectivity index (χ4n) is 5.55. The molecule has 36 heavy (non-hydrogen) atoms. The van der Waals surface area contributed by atoms with Gasteiger partial charge in [-0.3, -0.25) is 9.59 Å². The van der Waals surface area contributed by atoms with Gasteiger partial charge in [0.05, 0.1) is 18.2 Å². The summed E-state index contributed by atoms with van der Waals surface area (Å²) in [6.45, 7) is 10.8. The second-order valence-electron chi connectivity index (χ2n) is 11.0. The topological polar surface area (TPSA) is 66.8 Å². The van der Waals surface area contributed by atoms with E-state index in [2.05, 4.69) is 27.7 Å². The van der Waals surface area contributed by atoms with Crippen molar-refractivity contribution in [2.75, 3.05) is 6.61 Å². The molecule has 2 aromatic carbocycles. The van der Waals surface area contributed by atoms with Gasteiger partial charge < -0.3 is 14.7 Å². The van der Waals surface area contributed by atoms with Crippen LogP contribution in [0.2, 0.25) is 0 Å². The Kier molecular flexibility index (Phi) is 7.58. The SMILES string of the molecule is CCOc1ccc(/C(O)=C2/C(=O)C(=O)N(C3CCCCC3)C2c2ccc(CC)cc2)cc1C(C)(C)C. The molecular weight excluding hydrogens is 450 g/mol. The highest BCUT2D eigenvalue weighted by atomic mass is 16.5. The molecular formula is C31H39NO4. The van der Waals surface area contributed by atoms with Crippen LogP contribution in [0, 0.1) is 0 Å². The van der Waals surface area contributed by atoms with Crippen molar-refractivity contribution in [3.05, 3.63) is 70.3 Å². The van der Waals surface area contributed by atoms with Gasteiger partial charge in [-0.2, -0.15) is 0 Å². The summed E-state index contributed by atoms with van der Waals surface area (Å²) in [4.78, 5) is 28.7. The number of likely N-dealkylation sites (tertiary alicyclic amines) is 1. The van der Waals surface area contributed by atoms with Crippen LogP contribution in [0.4, 0.5) is 0 Å². The third kappa shape index (κ3) is 4.93. The lowest BCUT2D eigenvalue weighted by atomic mass is 9.84. The predicted octanol–water partition coefficient (Wildman–Crippen LogP) is 6.70. The highest BCUT2D eigenvalue weighted by Gasteiger charge is 2.48.